The van der Waals surface area contributed by atoms with Crippen LogP contribution in [-0.4, -0.2) is 32.8 Å². The van der Waals surface area contributed by atoms with Crippen LogP contribution in [0, 0.1) is 0 Å². The Morgan fingerprint density at radius 3 is 2.79 bits per heavy atom. The molecule has 2 amide bonds. The third-order valence-corrected chi connectivity index (χ3v) is 3.55. The van der Waals surface area contributed by atoms with Crippen molar-refractivity contribution < 1.29 is 14.7 Å². The molecule has 4 N–H and O–H groups in total. The van der Waals surface area contributed by atoms with E-state index in [0.717, 1.165) is 12.0 Å². The van der Waals surface area contributed by atoms with Gasteiger partial charge in [-0.1, -0.05) is 0 Å². The highest BCUT2D eigenvalue weighted by Crippen LogP contribution is 2.34. The minimum Gasteiger partial charge on any atom is -0.481 e. The third-order valence-electron chi connectivity index (χ3n) is 3.55. The molecule has 7 heteroatoms. The number of nitrogens with one attached hydrogen (secondary N) is 3. The van der Waals surface area contributed by atoms with Gasteiger partial charge in [0.25, 0.3) is 0 Å². The first-order valence-electron chi connectivity index (χ1n) is 6.30. The van der Waals surface area contributed by atoms with Crippen LogP contribution in [0.4, 0.5) is 4.79 Å². The second kappa shape index (κ2) is 5.29. The second-order valence-corrected chi connectivity index (χ2v) is 5.06. The van der Waals surface area contributed by atoms with E-state index in [1.54, 1.807) is 12.4 Å². The number of aromatic amines is 1. The molecule has 0 bridgehead atoms. The highest BCUT2D eigenvalue weighted by atomic mass is 16.4. The summed E-state index contributed by atoms with van der Waals surface area (Å²) in [5.41, 5.74) is 0.294. The van der Waals surface area contributed by atoms with Crippen LogP contribution < -0.4 is 10.6 Å². The number of nitrogens with zero attached hydrogens (tertiary/aromatic N) is 1. The molecule has 1 aliphatic rings. The van der Waals surface area contributed by atoms with Crippen molar-refractivity contribution in [2.75, 3.05) is 0 Å². The molecule has 2 rings (SSSR count). The van der Waals surface area contributed by atoms with Gasteiger partial charge in [-0.3, -0.25) is 9.89 Å². The number of amides is 2. The Bertz CT molecular complexity index is 454. The molecule has 0 radical (unpaired) electrons. The fraction of sp³-hybridized carbons (Fsp3) is 0.583. The molecule has 0 spiro atoms. The number of carbonyl (C=O) groups excluding carboxylic acids is 1. The molecule has 1 aliphatic carbocycles. The monoisotopic (exact) mass is 266 g/mol. The van der Waals surface area contributed by atoms with Crippen molar-refractivity contribution in [2.45, 2.75) is 44.2 Å². The predicted octanol–water partition coefficient (Wildman–Crippen LogP) is 1.17. The van der Waals surface area contributed by atoms with Crippen molar-refractivity contribution >= 4 is 12.0 Å². The number of hydrogen-bond acceptors (Lipinski definition) is 3. The van der Waals surface area contributed by atoms with Crippen LogP contribution in [0.25, 0.3) is 0 Å². The molecule has 1 atom stereocenters. The number of hydrogen-bond donors (Lipinski definition) is 4. The highest BCUT2D eigenvalue weighted by molar-refractivity contribution is 5.77. The van der Waals surface area contributed by atoms with Gasteiger partial charge in [0.2, 0.25) is 0 Å². The van der Waals surface area contributed by atoms with E-state index < -0.39 is 11.5 Å². The van der Waals surface area contributed by atoms with Crippen molar-refractivity contribution in [3.63, 3.8) is 0 Å². The Balaban J connectivity index is 1.88. The standard InChI is InChI=1S/C12H18N4O3/c1-8(9-6-13-14-7-9)15-11(19)16-12(3-2-4-12)5-10(17)18/h6-8H,2-5H2,1H3,(H,13,14)(H,17,18)(H2,15,16,19). The fourth-order valence-corrected chi connectivity index (χ4v) is 2.29. The molecule has 104 valence electrons. The normalized spacial score (nSPS) is 18.2. The number of carboxylic acids is 1. The fourth-order valence-electron chi connectivity index (χ4n) is 2.29. The number of rotatable bonds is 5. The summed E-state index contributed by atoms with van der Waals surface area (Å²) in [6.45, 7) is 1.84. The maximum absolute atomic E-state index is 11.9. The van der Waals surface area contributed by atoms with E-state index in [9.17, 15) is 9.59 Å². The lowest BCUT2D eigenvalue weighted by atomic mass is 9.74. The number of carboxylic acid groups (broad SMARTS) is 1. The molecule has 1 unspecified atom stereocenters. The van der Waals surface area contributed by atoms with Gasteiger partial charge >= 0.3 is 12.0 Å². The van der Waals surface area contributed by atoms with Crippen LogP contribution in [0.2, 0.25) is 0 Å². The summed E-state index contributed by atoms with van der Waals surface area (Å²) in [4.78, 5) is 22.7. The summed E-state index contributed by atoms with van der Waals surface area (Å²) >= 11 is 0. The Hall–Kier alpha value is -2.05. The molecule has 7 nitrogen and oxygen atoms in total. The topological polar surface area (TPSA) is 107 Å². The summed E-state index contributed by atoms with van der Waals surface area (Å²) in [6.07, 6.45) is 5.70. The van der Waals surface area contributed by atoms with E-state index in [0.29, 0.717) is 12.8 Å². The number of aromatic nitrogens is 2. The first-order valence-corrected chi connectivity index (χ1v) is 6.30. The Kier molecular flexibility index (Phi) is 3.73. The molecule has 0 aliphatic heterocycles. The Morgan fingerprint density at radius 1 is 1.58 bits per heavy atom. The van der Waals surface area contributed by atoms with Crippen molar-refractivity contribution in [1.82, 2.24) is 20.8 Å². The first kappa shape index (κ1) is 13.4. The number of urea groups is 1. The summed E-state index contributed by atoms with van der Waals surface area (Å²) in [7, 11) is 0. The minimum atomic E-state index is -0.886. The van der Waals surface area contributed by atoms with E-state index >= 15 is 0 Å². The summed E-state index contributed by atoms with van der Waals surface area (Å²) in [5.74, 6) is -0.886. The van der Waals surface area contributed by atoms with Gasteiger partial charge in [-0.15, -0.1) is 0 Å². The maximum atomic E-state index is 11.9. The molecule has 1 aromatic rings. The van der Waals surface area contributed by atoms with Crippen LogP contribution in [0.3, 0.4) is 0 Å². The van der Waals surface area contributed by atoms with Gasteiger partial charge in [0.05, 0.1) is 24.2 Å². The molecule has 0 aromatic carbocycles. The molecule has 1 saturated carbocycles. The largest absolute Gasteiger partial charge is 0.481 e. The van der Waals surface area contributed by atoms with Gasteiger partial charge in [-0.2, -0.15) is 5.10 Å². The zero-order valence-electron chi connectivity index (χ0n) is 10.8. The van der Waals surface area contributed by atoms with Crippen molar-refractivity contribution in [3.8, 4) is 0 Å². The van der Waals surface area contributed by atoms with Crippen LogP contribution >= 0.6 is 0 Å². The Labute approximate surface area is 110 Å². The van der Waals surface area contributed by atoms with Gasteiger partial charge in [0.15, 0.2) is 0 Å². The van der Waals surface area contributed by atoms with E-state index in [1.165, 1.54) is 0 Å². The van der Waals surface area contributed by atoms with Gasteiger partial charge in [0, 0.05) is 11.8 Å². The lowest BCUT2D eigenvalue weighted by Crippen LogP contribution is -2.57. The average molecular weight is 266 g/mol. The van der Waals surface area contributed by atoms with E-state index in [4.69, 9.17) is 5.11 Å². The minimum absolute atomic E-state index is 0.0273. The Morgan fingerprint density at radius 2 is 2.32 bits per heavy atom. The van der Waals surface area contributed by atoms with Crippen LogP contribution in [0.1, 0.15) is 44.2 Å². The molecule has 19 heavy (non-hydrogen) atoms. The van der Waals surface area contributed by atoms with Crippen molar-refractivity contribution in [1.29, 1.82) is 0 Å². The summed E-state index contributed by atoms with van der Waals surface area (Å²) < 4.78 is 0. The van der Waals surface area contributed by atoms with Gasteiger partial charge in [-0.25, -0.2) is 4.79 Å². The van der Waals surface area contributed by atoms with E-state index in [-0.39, 0.29) is 18.5 Å². The smallest absolute Gasteiger partial charge is 0.315 e. The SMILES string of the molecule is CC(NC(=O)NC1(CC(=O)O)CCC1)c1cn[nH]c1. The van der Waals surface area contributed by atoms with Crippen LogP contribution in [0.5, 0.6) is 0 Å². The zero-order valence-corrected chi connectivity index (χ0v) is 10.8. The third kappa shape index (κ3) is 3.24. The van der Waals surface area contributed by atoms with E-state index in [1.807, 2.05) is 6.92 Å². The average Bonchev–Trinajstić information content (AvgIpc) is 2.78. The lowest BCUT2D eigenvalue weighted by Gasteiger charge is -2.41. The molecular formula is C12H18N4O3. The van der Waals surface area contributed by atoms with Crippen molar-refractivity contribution in [2.24, 2.45) is 0 Å². The predicted molar refractivity (Wildman–Crippen MR) is 67.5 cm³/mol. The molecule has 1 aromatic heterocycles. The summed E-state index contributed by atoms with van der Waals surface area (Å²) in [5, 5.41) is 20.9. The second-order valence-electron chi connectivity index (χ2n) is 5.06. The molecular weight excluding hydrogens is 248 g/mol. The first-order chi connectivity index (χ1) is 9.01. The molecule has 0 saturated heterocycles. The van der Waals surface area contributed by atoms with Gasteiger partial charge in [-0.05, 0) is 26.2 Å². The van der Waals surface area contributed by atoms with Crippen molar-refractivity contribution in [3.05, 3.63) is 18.0 Å². The van der Waals surface area contributed by atoms with Gasteiger partial charge in [0.1, 0.15) is 0 Å². The number of H-pyrrole nitrogens is 1. The maximum Gasteiger partial charge on any atom is 0.315 e. The van der Waals surface area contributed by atoms with Gasteiger partial charge < -0.3 is 15.7 Å². The van der Waals surface area contributed by atoms with Crippen LogP contribution in [-0.2, 0) is 4.79 Å². The zero-order chi connectivity index (χ0) is 13.9. The van der Waals surface area contributed by atoms with Crippen LogP contribution in [0.15, 0.2) is 12.4 Å². The summed E-state index contributed by atoms with van der Waals surface area (Å²) in [6, 6.07) is -0.518. The quantitative estimate of drug-likeness (QED) is 0.641. The highest BCUT2D eigenvalue weighted by Gasteiger charge is 2.40. The number of aliphatic carboxylic acids is 1. The molecule has 1 fully saturated rings. The lowest BCUT2D eigenvalue weighted by molar-refractivity contribution is -0.139. The number of carbonyl (C=O) groups is 2. The van der Waals surface area contributed by atoms with E-state index in [2.05, 4.69) is 20.8 Å². The molecule has 1 heterocycles.